The van der Waals surface area contributed by atoms with Crippen LogP contribution in [0.15, 0.2) is 36.4 Å². The molecular formula is C15H19ClN2O2. The lowest BCUT2D eigenvalue weighted by Gasteiger charge is -2.18. The molecule has 20 heavy (non-hydrogen) atoms. The smallest absolute Gasteiger partial charge is 0.315 e. The van der Waals surface area contributed by atoms with Crippen LogP contribution in [0, 0.1) is 5.92 Å². The molecule has 0 fully saturated rings. The van der Waals surface area contributed by atoms with Crippen molar-refractivity contribution >= 4 is 17.6 Å². The number of aliphatic hydroxyl groups excluding tert-OH is 1. The maximum Gasteiger partial charge on any atom is 0.315 e. The fourth-order valence-corrected chi connectivity index (χ4v) is 2.48. The van der Waals surface area contributed by atoms with Crippen molar-refractivity contribution in [1.82, 2.24) is 10.6 Å². The number of carbonyl (C=O) groups is 1. The molecule has 0 saturated carbocycles. The quantitative estimate of drug-likeness (QED) is 0.748. The van der Waals surface area contributed by atoms with Gasteiger partial charge in [-0.25, -0.2) is 4.79 Å². The van der Waals surface area contributed by atoms with E-state index in [0.717, 1.165) is 12.0 Å². The van der Waals surface area contributed by atoms with E-state index < -0.39 is 0 Å². The van der Waals surface area contributed by atoms with Gasteiger partial charge in [0.2, 0.25) is 0 Å². The van der Waals surface area contributed by atoms with Crippen LogP contribution in [0.3, 0.4) is 0 Å². The SMILES string of the molecule is CC(NC(=O)N[C@@H]1C=C[C@H](CO)C1)c1cccc(Cl)c1. The number of hydrogen-bond donors (Lipinski definition) is 3. The second-order valence-corrected chi connectivity index (χ2v) is 5.50. The Kier molecular flexibility index (Phi) is 5.04. The average molecular weight is 295 g/mol. The molecule has 1 aliphatic carbocycles. The summed E-state index contributed by atoms with van der Waals surface area (Å²) in [6.07, 6.45) is 4.60. The number of rotatable bonds is 4. The summed E-state index contributed by atoms with van der Waals surface area (Å²) in [5.74, 6) is 0.144. The molecule has 3 N–H and O–H groups in total. The number of halogens is 1. The van der Waals surface area contributed by atoms with Gasteiger partial charge in [0.25, 0.3) is 0 Å². The van der Waals surface area contributed by atoms with Crippen LogP contribution in [-0.2, 0) is 0 Å². The lowest BCUT2D eigenvalue weighted by atomic mass is 10.1. The van der Waals surface area contributed by atoms with Crippen molar-refractivity contribution in [2.75, 3.05) is 6.61 Å². The van der Waals surface area contributed by atoms with Crippen LogP contribution in [-0.4, -0.2) is 23.8 Å². The highest BCUT2D eigenvalue weighted by atomic mass is 35.5. The molecule has 0 aliphatic heterocycles. The Bertz CT molecular complexity index is 504. The van der Waals surface area contributed by atoms with E-state index in [2.05, 4.69) is 10.6 Å². The van der Waals surface area contributed by atoms with Gasteiger partial charge in [0.1, 0.15) is 0 Å². The number of nitrogens with one attached hydrogen (secondary N) is 2. The monoisotopic (exact) mass is 294 g/mol. The van der Waals surface area contributed by atoms with E-state index in [1.165, 1.54) is 0 Å². The van der Waals surface area contributed by atoms with Gasteiger partial charge in [0, 0.05) is 23.6 Å². The second-order valence-electron chi connectivity index (χ2n) is 5.06. The molecular weight excluding hydrogens is 276 g/mol. The normalized spacial score (nSPS) is 22.6. The van der Waals surface area contributed by atoms with Crippen LogP contribution >= 0.6 is 11.6 Å². The van der Waals surface area contributed by atoms with Crippen molar-refractivity contribution in [1.29, 1.82) is 0 Å². The molecule has 0 bridgehead atoms. The fourth-order valence-electron chi connectivity index (χ4n) is 2.28. The van der Waals surface area contributed by atoms with E-state index in [-0.39, 0.29) is 30.6 Å². The van der Waals surface area contributed by atoms with Crippen LogP contribution in [0.2, 0.25) is 5.02 Å². The molecule has 108 valence electrons. The van der Waals surface area contributed by atoms with E-state index in [0.29, 0.717) is 5.02 Å². The molecule has 1 aromatic rings. The largest absolute Gasteiger partial charge is 0.396 e. The molecule has 0 spiro atoms. The maximum atomic E-state index is 11.9. The average Bonchev–Trinajstić information content (AvgIpc) is 2.86. The number of hydrogen-bond acceptors (Lipinski definition) is 2. The molecule has 2 rings (SSSR count). The molecule has 1 aromatic carbocycles. The standard InChI is InChI=1S/C15H19ClN2O2/c1-10(12-3-2-4-13(16)8-12)17-15(20)18-14-6-5-11(7-14)9-19/h2-6,8,10-11,14,19H,7,9H2,1H3,(H2,17,18,20)/t10?,11-,14+/m0/s1. The van der Waals surface area contributed by atoms with Crippen molar-refractivity contribution in [3.05, 3.63) is 47.0 Å². The summed E-state index contributed by atoms with van der Waals surface area (Å²) in [7, 11) is 0. The zero-order valence-electron chi connectivity index (χ0n) is 11.3. The molecule has 1 aliphatic rings. The van der Waals surface area contributed by atoms with Crippen LogP contribution < -0.4 is 10.6 Å². The molecule has 0 saturated heterocycles. The molecule has 0 radical (unpaired) electrons. The number of aliphatic hydroxyl groups is 1. The molecule has 0 aromatic heterocycles. The molecule has 2 amide bonds. The first-order valence-corrected chi connectivity index (χ1v) is 7.08. The number of benzene rings is 1. The third-order valence-corrected chi connectivity index (χ3v) is 3.65. The van der Waals surface area contributed by atoms with Gasteiger partial charge in [-0.15, -0.1) is 0 Å². The minimum Gasteiger partial charge on any atom is -0.396 e. The number of amides is 2. The predicted octanol–water partition coefficient (Wildman–Crippen LogP) is 2.64. The topological polar surface area (TPSA) is 61.4 Å². The van der Waals surface area contributed by atoms with Gasteiger partial charge in [-0.1, -0.05) is 35.9 Å². The van der Waals surface area contributed by atoms with Crippen molar-refractivity contribution in [2.45, 2.75) is 25.4 Å². The summed E-state index contributed by atoms with van der Waals surface area (Å²) >= 11 is 5.93. The van der Waals surface area contributed by atoms with Gasteiger partial charge in [-0.3, -0.25) is 0 Å². The predicted molar refractivity (Wildman–Crippen MR) is 79.7 cm³/mol. The summed E-state index contributed by atoms with van der Waals surface area (Å²) in [4.78, 5) is 11.9. The molecule has 4 nitrogen and oxygen atoms in total. The molecule has 1 unspecified atom stereocenters. The molecule has 5 heteroatoms. The molecule has 3 atom stereocenters. The fraction of sp³-hybridized carbons (Fsp3) is 0.400. The minimum absolute atomic E-state index is 0.0151. The van der Waals surface area contributed by atoms with Gasteiger partial charge in [-0.05, 0) is 31.0 Å². The highest BCUT2D eigenvalue weighted by molar-refractivity contribution is 6.30. The number of carbonyl (C=O) groups excluding carboxylic acids is 1. The van der Waals surface area contributed by atoms with Gasteiger partial charge < -0.3 is 15.7 Å². The highest BCUT2D eigenvalue weighted by Gasteiger charge is 2.20. The Morgan fingerprint density at radius 2 is 2.30 bits per heavy atom. The summed E-state index contributed by atoms with van der Waals surface area (Å²) in [5.41, 5.74) is 0.961. The van der Waals surface area contributed by atoms with E-state index >= 15 is 0 Å². The van der Waals surface area contributed by atoms with Crippen molar-refractivity contribution < 1.29 is 9.90 Å². The lowest BCUT2D eigenvalue weighted by molar-refractivity contribution is 0.229. The minimum atomic E-state index is -0.217. The van der Waals surface area contributed by atoms with Crippen LogP contribution in [0.5, 0.6) is 0 Å². The lowest BCUT2D eigenvalue weighted by Crippen LogP contribution is -2.41. The zero-order valence-corrected chi connectivity index (χ0v) is 12.1. The van der Waals surface area contributed by atoms with Gasteiger partial charge in [0.05, 0.1) is 6.04 Å². The summed E-state index contributed by atoms with van der Waals surface area (Å²) < 4.78 is 0. The van der Waals surface area contributed by atoms with E-state index in [1.807, 2.05) is 37.3 Å². The Hall–Kier alpha value is -1.52. The Morgan fingerprint density at radius 3 is 2.95 bits per heavy atom. The highest BCUT2D eigenvalue weighted by Crippen LogP contribution is 2.18. The summed E-state index contributed by atoms with van der Waals surface area (Å²) in [6, 6.07) is 7.07. The summed E-state index contributed by atoms with van der Waals surface area (Å²) in [6.45, 7) is 2.03. The Balaban J connectivity index is 1.84. The van der Waals surface area contributed by atoms with E-state index in [4.69, 9.17) is 16.7 Å². The van der Waals surface area contributed by atoms with Crippen molar-refractivity contribution in [3.63, 3.8) is 0 Å². The zero-order chi connectivity index (χ0) is 14.5. The van der Waals surface area contributed by atoms with E-state index in [1.54, 1.807) is 6.07 Å². The second kappa shape index (κ2) is 6.77. The van der Waals surface area contributed by atoms with Crippen LogP contribution in [0.1, 0.15) is 24.9 Å². The first-order valence-electron chi connectivity index (χ1n) is 6.70. The van der Waals surface area contributed by atoms with Crippen molar-refractivity contribution in [3.8, 4) is 0 Å². The maximum absolute atomic E-state index is 11.9. The van der Waals surface area contributed by atoms with Crippen LogP contribution in [0.25, 0.3) is 0 Å². The Morgan fingerprint density at radius 1 is 1.50 bits per heavy atom. The first kappa shape index (κ1) is 14.9. The third-order valence-electron chi connectivity index (χ3n) is 3.42. The van der Waals surface area contributed by atoms with Crippen LogP contribution in [0.4, 0.5) is 4.79 Å². The number of urea groups is 1. The third kappa shape index (κ3) is 3.99. The van der Waals surface area contributed by atoms with Crippen molar-refractivity contribution in [2.24, 2.45) is 5.92 Å². The van der Waals surface area contributed by atoms with Gasteiger partial charge in [0.15, 0.2) is 0 Å². The Labute approximate surface area is 123 Å². The van der Waals surface area contributed by atoms with Gasteiger partial charge >= 0.3 is 6.03 Å². The first-order chi connectivity index (χ1) is 9.58. The van der Waals surface area contributed by atoms with Gasteiger partial charge in [-0.2, -0.15) is 0 Å². The molecule has 0 heterocycles. The van der Waals surface area contributed by atoms with E-state index in [9.17, 15) is 4.79 Å². The summed E-state index contributed by atoms with van der Waals surface area (Å²) in [5, 5.41) is 15.5.